The van der Waals surface area contributed by atoms with Gasteiger partial charge in [0.1, 0.15) is 5.75 Å². The topological polar surface area (TPSA) is 62.1 Å². The van der Waals surface area contributed by atoms with Gasteiger partial charge in [0.15, 0.2) is 0 Å². The minimum Gasteiger partial charge on any atom is -0.491 e. The van der Waals surface area contributed by atoms with Crippen LogP contribution >= 0.6 is 34.7 Å². The number of benzene rings is 1. The summed E-state index contributed by atoms with van der Waals surface area (Å²) in [4.78, 5) is 13.1. The lowest BCUT2D eigenvalue weighted by atomic mass is 9.93. The number of nitrogens with one attached hydrogen (secondary N) is 1. The molecule has 2 heterocycles. The molecule has 0 saturated heterocycles. The third kappa shape index (κ3) is 4.37. The van der Waals surface area contributed by atoms with Gasteiger partial charge in [-0.1, -0.05) is 29.8 Å². The molecule has 128 valence electrons. The van der Waals surface area contributed by atoms with Crippen molar-refractivity contribution >= 4 is 40.6 Å². The monoisotopic (exact) mass is 390 g/mol. The number of nitrogens with zero attached hydrogens (tertiary/aromatic N) is 1. The zero-order chi connectivity index (χ0) is 17.6. The highest BCUT2D eigenvalue weighted by atomic mass is 35.5. The maximum absolute atomic E-state index is 12.0. The molecule has 1 aromatic carbocycles. The summed E-state index contributed by atoms with van der Waals surface area (Å²) in [7, 11) is 0. The zero-order valence-corrected chi connectivity index (χ0v) is 15.6. The van der Waals surface area contributed by atoms with Gasteiger partial charge in [-0.25, -0.2) is 0 Å². The average Bonchev–Trinajstić information content (AvgIpc) is 3.14. The molecule has 0 bridgehead atoms. The summed E-state index contributed by atoms with van der Waals surface area (Å²) < 4.78 is 5.65. The molecule has 0 unspecified atom stereocenters. The molecule has 1 N–H and O–H groups in total. The molecular formula is C18H15ClN2O2S2. The first-order chi connectivity index (χ1) is 12.2. The van der Waals surface area contributed by atoms with Crippen molar-refractivity contribution < 1.29 is 9.53 Å². The number of hydrogen-bond donors (Lipinski definition) is 1. The Morgan fingerprint density at radius 3 is 2.92 bits per heavy atom. The highest BCUT2D eigenvalue weighted by Crippen LogP contribution is 2.37. The summed E-state index contributed by atoms with van der Waals surface area (Å²) in [6, 6.07) is 13.5. The van der Waals surface area contributed by atoms with E-state index in [2.05, 4.69) is 11.4 Å². The van der Waals surface area contributed by atoms with E-state index in [9.17, 15) is 10.1 Å². The molecule has 0 saturated carbocycles. The molecule has 1 aromatic heterocycles. The number of thioether (sulfide) groups is 1. The quantitative estimate of drug-likeness (QED) is 0.735. The molecule has 1 aliphatic rings. The van der Waals surface area contributed by atoms with Crippen LogP contribution in [0.1, 0.15) is 17.2 Å². The lowest BCUT2D eigenvalue weighted by Gasteiger charge is -2.24. The van der Waals surface area contributed by atoms with E-state index in [0.29, 0.717) is 40.2 Å². The molecular weight excluding hydrogens is 376 g/mol. The molecule has 25 heavy (non-hydrogen) atoms. The Morgan fingerprint density at radius 1 is 1.36 bits per heavy atom. The fourth-order valence-electron chi connectivity index (χ4n) is 2.52. The van der Waals surface area contributed by atoms with E-state index in [1.165, 1.54) is 11.8 Å². The Bertz CT molecular complexity index is 828. The van der Waals surface area contributed by atoms with Crippen molar-refractivity contribution in [3.63, 3.8) is 0 Å². The molecule has 2 aromatic rings. The SMILES string of the molecule is N#CC1=C(SCCOc2ccccc2Cl)NC(=O)C[C@H]1c1cccs1. The summed E-state index contributed by atoms with van der Waals surface area (Å²) in [5.74, 6) is 1.00. The minimum absolute atomic E-state index is 0.0630. The Morgan fingerprint density at radius 2 is 2.20 bits per heavy atom. The number of ether oxygens (including phenoxy) is 1. The van der Waals surface area contributed by atoms with E-state index in [1.807, 2.05) is 35.7 Å². The number of allylic oxidation sites excluding steroid dienone is 1. The van der Waals surface area contributed by atoms with Gasteiger partial charge in [-0.15, -0.1) is 23.1 Å². The lowest BCUT2D eigenvalue weighted by molar-refractivity contribution is -0.120. The Labute approximate surface area is 159 Å². The Kier molecular flexibility index (Phi) is 6.03. The van der Waals surface area contributed by atoms with Crippen molar-refractivity contribution in [3.8, 4) is 11.8 Å². The number of carbonyl (C=O) groups is 1. The van der Waals surface area contributed by atoms with Crippen LogP contribution in [-0.4, -0.2) is 18.3 Å². The molecule has 3 rings (SSSR count). The second kappa shape index (κ2) is 8.43. The maximum atomic E-state index is 12.0. The first kappa shape index (κ1) is 17.9. The lowest BCUT2D eigenvalue weighted by Crippen LogP contribution is -2.30. The van der Waals surface area contributed by atoms with Crippen molar-refractivity contribution in [1.29, 1.82) is 5.26 Å². The molecule has 1 atom stereocenters. The number of nitriles is 1. The number of thiophene rings is 1. The highest BCUT2D eigenvalue weighted by molar-refractivity contribution is 8.03. The van der Waals surface area contributed by atoms with Gasteiger partial charge < -0.3 is 10.1 Å². The summed E-state index contributed by atoms with van der Waals surface area (Å²) in [5.41, 5.74) is 0.616. The molecule has 1 amide bonds. The van der Waals surface area contributed by atoms with Gasteiger partial charge in [0.05, 0.1) is 28.3 Å². The number of carbonyl (C=O) groups excluding carboxylic acids is 1. The average molecular weight is 391 g/mol. The Hall–Kier alpha value is -1.94. The van der Waals surface area contributed by atoms with Crippen molar-refractivity contribution in [2.45, 2.75) is 12.3 Å². The number of halogens is 1. The van der Waals surface area contributed by atoms with Crippen LogP contribution in [0.2, 0.25) is 5.02 Å². The van der Waals surface area contributed by atoms with Crippen LogP contribution in [0, 0.1) is 11.3 Å². The van der Waals surface area contributed by atoms with E-state index in [1.54, 1.807) is 17.4 Å². The second-order valence-corrected chi connectivity index (χ2v) is 7.79. The summed E-state index contributed by atoms with van der Waals surface area (Å²) >= 11 is 9.04. The largest absolute Gasteiger partial charge is 0.491 e. The van der Waals surface area contributed by atoms with E-state index >= 15 is 0 Å². The summed E-state index contributed by atoms with van der Waals surface area (Å²) in [6.45, 7) is 0.427. The van der Waals surface area contributed by atoms with Crippen LogP contribution in [0.3, 0.4) is 0 Å². The van der Waals surface area contributed by atoms with Crippen LogP contribution in [0.25, 0.3) is 0 Å². The summed E-state index contributed by atoms with van der Waals surface area (Å²) in [6.07, 6.45) is 0.309. The van der Waals surface area contributed by atoms with Crippen molar-refractivity contribution in [2.24, 2.45) is 0 Å². The van der Waals surface area contributed by atoms with Crippen LogP contribution in [-0.2, 0) is 4.79 Å². The number of para-hydroxylation sites is 1. The fourth-order valence-corrected chi connectivity index (χ4v) is 4.45. The number of rotatable bonds is 6. The van der Waals surface area contributed by atoms with Gasteiger partial charge in [0.2, 0.25) is 5.91 Å². The number of amides is 1. The number of hydrogen-bond acceptors (Lipinski definition) is 5. The highest BCUT2D eigenvalue weighted by Gasteiger charge is 2.30. The van der Waals surface area contributed by atoms with Crippen LogP contribution in [0.5, 0.6) is 5.75 Å². The molecule has 0 aliphatic carbocycles. The standard InChI is InChI=1S/C18H15ClN2O2S2/c19-14-4-1-2-5-15(14)23-7-9-25-18-13(11-20)12(10-17(22)21-18)16-6-3-8-24-16/h1-6,8,12H,7,9-10H2,(H,21,22)/t12-/m1/s1. The minimum atomic E-state index is -0.161. The second-order valence-electron chi connectivity index (χ2n) is 5.30. The Balaban J connectivity index is 1.66. The molecule has 1 aliphatic heterocycles. The normalized spacial score (nSPS) is 17.1. The van der Waals surface area contributed by atoms with Gasteiger partial charge in [0.25, 0.3) is 0 Å². The van der Waals surface area contributed by atoms with Gasteiger partial charge in [0, 0.05) is 23.0 Å². The van der Waals surface area contributed by atoms with Crippen molar-refractivity contribution in [3.05, 3.63) is 62.3 Å². The first-order valence-electron chi connectivity index (χ1n) is 7.66. The van der Waals surface area contributed by atoms with E-state index < -0.39 is 0 Å². The van der Waals surface area contributed by atoms with Gasteiger partial charge >= 0.3 is 0 Å². The molecule has 4 nitrogen and oxygen atoms in total. The van der Waals surface area contributed by atoms with Crippen LogP contribution in [0.4, 0.5) is 0 Å². The predicted octanol–water partition coefficient (Wildman–Crippen LogP) is 4.55. The third-order valence-electron chi connectivity index (χ3n) is 3.67. The van der Waals surface area contributed by atoms with Gasteiger partial charge in [-0.2, -0.15) is 5.26 Å². The maximum Gasteiger partial charge on any atom is 0.225 e. The molecule has 0 radical (unpaired) electrons. The zero-order valence-electron chi connectivity index (χ0n) is 13.2. The fraction of sp³-hybridized carbons (Fsp3) is 0.222. The van der Waals surface area contributed by atoms with Crippen LogP contribution < -0.4 is 10.1 Å². The molecule has 7 heteroatoms. The van der Waals surface area contributed by atoms with E-state index in [0.717, 1.165) is 4.88 Å². The van der Waals surface area contributed by atoms with Crippen molar-refractivity contribution in [1.82, 2.24) is 5.32 Å². The smallest absolute Gasteiger partial charge is 0.225 e. The first-order valence-corrected chi connectivity index (χ1v) is 9.91. The van der Waals surface area contributed by atoms with Gasteiger partial charge in [-0.3, -0.25) is 4.79 Å². The van der Waals surface area contributed by atoms with Gasteiger partial charge in [-0.05, 0) is 23.6 Å². The molecule has 0 spiro atoms. The van der Waals surface area contributed by atoms with E-state index in [-0.39, 0.29) is 11.8 Å². The summed E-state index contributed by atoms with van der Waals surface area (Å²) in [5, 5.41) is 15.5. The third-order valence-corrected chi connectivity index (χ3v) is 5.95. The van der Waals surface area contributed by atoms with Crippen molar-refractivity contribution in [2.75, 3.05) is 12.4 Å². The van der Waals surface area contributed by atoms with Crippen LogP contribution in [0.15, 0.2) is 52.4 Å². The molecule has 0 fully saturated rings. The predicted molar refractivity (Wildman–Crippen MR) is 102 cm³/mol. The van der Waals surface area contributed by atoms with E-state index in [4.69, 9.17) is 16.3 Å².